The Kier molecular flexibility index (Phi) is 26.6. The van der Waals surface area contributed by atoms with Crippen LogP contribution in [0.2, 0.25) is 0 Å². The van der Waals surface area contributed by atoms with Crippen LogP contribution in [0.25, 0.3) is 10.6 Å². The van der Waals surface area contributed by atoms with Crippen LogP contribution in [0.15, 0.2) is 22.3 Å². The monoisotopic (exact) mass is 550 g/mol. The molecule has 2 aliphatic rings. The summed E-state index contributed by atoms with van der Waals surface area (Å²) in [4.78, 5) is 0. The Morgan fingerprint density at radius 2 is 0.808 bits per heavy atom. The molecule has 2 rings (SSSR count). The molecule has 0 aromatic carbocycles. The minimum absolute atomic E-state index is 0. The van der Waals surface area contributed by atoms with Gasteiger partial charge in [-0.05, 0) is 63.8 Å². The molecular formula is C20H40N2P2Zr2+2. The second kappa shape index (κ2) is 19.8. The summed E-state index contributed by atoms with van der Waals surface area (Å²) in [6.07, 6.45) is 0. The van der Waals surface area contributed by atoms with Gasteiger partial charge in [-0.15, -0.1) is 0 Å². The Morgan fingerprint density at radius 1 is 0.615 bits per heavy atom. The van der Waals surface area contributed by atoms with Crippen molar-refractivity contribution in [1.29, 1.82) is 0 Å². The van der Waals surface area contributed by atoms with Gasteiger partial charge in [-0.2, -0.15) is 28.2 Å². The Hall–Kier alpha value is 1.51. The molecule has 0 amide bonds. The molecule has 0 aromatic rings. The van der Waals surface area contributed by atoms with Gasteiger partial charge >= 0.3 is 26.2 Å². The van der Waals surface area contributed by atoms with Crippen LogP contribution in [0.5, 0.6) is 0 Å². The van der Waals surface area contributed by atoms with Gasteiger partial charge in [-0.1, -0.05) is 0 Å². The van der Waals surface area contributed by atoms with E-state index in [4.69, 9.17) is 0 Å². The van der Waals surface area contributed by atoms with E-state index in [2.05, 4.69) is 66.0 Å². The summed E-state index contributed by atoms with van der Waals surface area (Å²) < 4.78 is 0. The molecule has 4 atom stereocenters. The summed E-state index contributed by atoms with van der Waals surface area (Å²) >= 11 is 0. The van der Waals surface area contributed by atoms with Crippen LogP contribution in [0.3, 0.4) is 0 Å². The molecule has 0 aliphatic carbocycles. The molecule has 0 spiro atoms. The van der Waals surface area contributed by atoms with Crippen molar-refractivity contribution >= 4 is 27.0 Å². The van der Waals surface area contributed by atoms with E-state index < -0.39 is 0 Å². The summed E-state index contributed by atoms with van der Waals surface area (Å²) in [5, 5.41) is 10.2. The van der Waals surface area contributed by atoms with Crippen LogP contribution < -0.4 is 0 Å². The van der Waals surface area contributed by atoms with Crippen molar-refractivity contribution in [2.24, 2.45) is 0 Å². The van der Waals surface area contributed by atoms with Crippen molar-refractivity contribution in [2.45, 2.75) is 66.7 Å². The van der Waals surface area contributed by atoms with E-state index in [0.29, 0.717) is 0 Å². The minimum Gasteiger partial charge on any atom is -0.668 e. The van der Waals surface area contributed by atoms with Gasteiger partial charge in [-0.25, -0.2) is 0 Å². The van der Waals surface area contributed by atoms with Crippen molar-refractivity contribution in [2.75, 3.05) is 28.2 Å². The van der Waals surface area contributed by atoms with E-state index in [1.165, 1.54) is 0 Å². The molecule has 26 heavy (non-hydrogen) atoms. The zero-order chi connectivity index (χ0) is 19.4. The first-order chi connectivity index (χ1) is 11.1. The molecule has 2 aliphatic heterocycles. The molecule has 0 saturated heterocycles. The molecule has 0 radical (unpaired) electrons. The molecule has 4 unspecified atom stereocenters. The first kappa shape index (κ1) is 35.0. The Bertz CT molecular complexity index is 464. The summed E-state index contributed by atoms with van der Waals surface area (Å²) in [5.74, 6) is 0. The third-order valence-corrected chi connectivity index (χ3v) is 7.82. The van der Waals surface area contributed by atoms with E-state index in [1.54, 1.807) is 61.1 Å². The van der Waals surface area contributed by atoms with Gasteiger partial charge in [0.25, 0.3) is 0 Å². The fraction of sp³-hybridized carbons (Fsp3) is 0.700. The van der Waals surface area contributed by atoms with Gasteiger partial charge in [0.1, 0.15) is 21.9 Å². The van der Waals surface area contributed by atoms with E-state index in [-0.39, 0.29) is 52.4 Å². The maximum absolute atomic E-state index is 3.50. The molecule has 0 fully saturated rings. The Labute approximate surface area is 205 Å². The zero-order valence-corrected chi connectivity index (χ0v) is 26.0. The summed E-state index contributed by atoms with van der Waals surface area (Å²) in [6.45, 7) is 18.1. The number of hydrogen-bond acceptors (Lipinski definition) is 0. The summed E-state index contributed by atoms with van der Waals surface area (Å²) in [6, 6.07) is 0. The first-order valence-electron chi connectivity index (χ1n) is 8.60. The topological polar surface area (TPSA) is 28.2 Å². The third kappa shape index (κ3) is 13.6. The fourth-order valence-corrected chi connectivity index (χ4v) is 5.32. The third-order valence-electron chi connectivity index (χ3n) is 4.47. The Morgan fingerprint density at radius 3 is 0.846 bits per heavy atom. The first-order valence-corrected chi connectivity index (χ1v) is 10.8. The van der Waals surface area contributed by atoms with Crippen molar-refractivity contribution in [3.05, 3.63) is 32.9 Å². The maximum atomic E-state index is 3.50. The van der Waals surface area contributed by atoms with Gasteiger partial charge in [0, 0.05) is 40.1 Å². The van der Waals surface area contributed by atoms with Gasteiger partial charge in [0.05, 0.1) is 16.4 Å². The standard InChI is InChI=1S/2C8H13P.2C2H6N.2Zr/c2*1-5-6(2)8(4)9-7(5)3;2*1-3-2;;/h2*7H,1-4H3;2*1-2H3;;/q;;2*-1;;+2/p+2. The number of nitrogens with zero attached hydrogens (tertiary/aromatic N) is 2. The van der Waals surface area contributed by atoms with Crippen LogP contribution in [-0.4, -0.2) is 50.1 Å². The van der Waals surface area contributed by atoms with E-state index >= 15 is 0 Å². The molecule has 146 valence electrons. The molecular weight excluding hydrogens is 513 g/mol. The number of hydrogen-bond donors (Lipinski definition) is 0. The van der Waals surface area contributed by atoms with Crippen molar-refractivity contribution in [3.8, 4) is 0 Å². The molecule has 6 heteroatoms. The van der Waals surface area contributed by atoms with Crippen LogP contribution in [0, 0.1) is 0 Å². The van der Waals surface area contributed by atoms with Crippen molar-refractivity contribution in [3.63, 3.8) is 0 Å². The largest absolute Gasteiger partial charge is 2.00 e. The number of allylic oxidation sites excluding steroid dienone is 4. The van der Waals surface area contributed by atoms with Gasteiger partial charge in [0.15, 0.2) is 0 Å². The quantitative estimate of drug-likeness (QED) is 0.310. The van der Waals surface area contributed by atoms with E-state index in [9.17, 15) is 0 Å². The molecule has 0 N–H and O–H groups in total. The van der Waals surface area contributed by atoms with Crippen LogP contribution in [0.4, 0.5) is 0 Å². The SMILES string of the molecule is CC1=[PH+]C(C)C(C)=C1C.CC1=[PH+]C(C)C(C)=C1C.C[N-]C.C[N-]C.[Zr+2].[Zr]. The minimum atomic E-state index is 0. The van der Waals surface area contributed by atoms with E-state index in [0.717, 1.165) is 27.7 Å². The zero-order valence-electron chi connectivity index (χ0n) is 19.0. The maximum Gasteiger partial charge on any atom is 2.00 e. The van der Waals surface area contributed by atoms with Gasteiger partial charge in [-0.3, -0.25) is 0 Å². The van der Waals surface area contributed by atoms with Gasteiger partial charge in [0.2, 0.25) is 0 Å². The van der Waals surface area contributed by atoms with Crippen LogP contribution in [0.1, 0.15) is 55.4 Å². The van der Waals surface area contributed by atoms with Crippen LogP contribution in [-0.2, 0) is 52.4 Å². The van der Waals surface area contributed by atoms with Crippen LogP contribution >= 0.6 is 16.4 Å². The fourth-order valence-electron chi connectivity index (χ4n) is 2.32. The smallest absolute Gasteiger partial charge is 0.668 e. The second-order valence-electron chi connectivity index (χ2n) is 6.49. The predicted octanol–water partition coefficient (Wildman–Crippen LogP) is 6.43. The Balaban J connectivity index is -0.000000136. The van der Waals surface area contributed by atoms with Gasteiger partial charge < -0.3 is 10.6 Å². The molecule has 0 bridgehead atoms. The summed E-state index contributed by atoms with van der Waals surface area (Å²) in [7, 11) is 9.12. The molecule has 2 nitrogen and oxygen atoms in total. The molecule has 2 heterocycles. The van der Waals surface area contributed by atoms with Crippen molar-refractivity contribution < 1.29 is 52.4 Å². The number of rotatable bonds is 0. The normalized spacial score (nSPS) is 21.4. The summed E-state index contributed by atoms with van der Waals surface area (Å²) in [5.41, 5.74) is 7.99. The van der Waals surface area contributed by atoms with E-state index in [1.807, 2.05) is 0 Å². The second-order valence-corrected chi connectivity index (χ2v) is 10.3. The average Bonchev–Trinajstić information content (AvgIpc) is 2.86. The molecule has 0 aromatic heterocycles. The molecule has 0 saturated carbocycles. The average molecular weight is 553 g/mol. The van der Waals surface area contributed by atoms with Crippen molar-refractivity contribution in [1.82, 2.24) is 0 Å². The predicted molar refractivity (Wildman–Crippen MR) is 124 cm³/mol.